The van der Waals surface area contributed by atoms with Crippen LogP contribution in [-0.4, -0.2) is 5.67 Å². The van der Waals surface area contributed by atoms with Gasteiger partial charge in [0.05, 0.1) is 0 Å². The summed E-state index contributed by atoms with van der Waals surface area (Å²) >= 11 is 0. The Morgan fingerprint density at radius 1 is 0.875 bits per heavy atom. The molecule has 0 atom stereocenters. The van der Waals surface area contributed by atoms with Crippen LogP contribution in [0.1, 0.15) is 49.7 Å². The van der Waals surface area contributed by atoms with Crippen LogP contribution in [0.3, 0.4) is 0 Å². The number of halogens is 1. The molecule has 0 N–H and O–H groups in total. The molecule has 4 rings (SSSR count). The Hall–Kier alpha value is -0.850. The quantitative estimate of drug-likeness (QED) is 0.659. The molecule has 3 aliphatic rings. The first kappa shape index (κ1) is 10.3. The molecular formula is C15H19F. The van der Waals surface area contributed by atoms with Crippen LogP contribution < -0.4 is 0 Å². The molecule has 0 aliphatic heterocycles. The number of aryl methyl sites for hydroxylation is 1. The van der Waals surface area contributed by atoms with Crippen molar-refractivity contribution in [2.24, 2.45) is 0 Å². The van der Waals surface area contributed by atoms with Gasteiger partial charge >= 0.3 is 0 Å². The van der Waals surface area contributed by atoms with E-state index in [0.29, 0.717) is 5.41 Å². The summed E-state index contributed by atoms with van der Waals surface area (Å²) in [6.45, 7) is 2.12. The molecule has 2 bridgehead atoms. The van der Waals surface area contributed by atoms with Crippen LogP contribution in [0.5, 0.6) is 0 Å². The van der Waals surface area contributed by atoms with Crippen molar-refractivity contribution in [2.75, 3.05) is 0 Å². The van der Waals surface area contributed by atoms with Crippen molar-refractivity contribution in [3.63, 3.8) is 0 Å². The van der Waals surface area contributed by atoms with Gasteiger partial charge in [0.25, 0.3) is 0 Å². The highest BCUT2D eigenvalue weighted by Crippen LogP contribution is 2.55. The normalized spacial score (nSPS) is 37.6. The van der Waals surface area contributed by atoms with Crippen molar-refractivity contribution in [3.05, 3.63) is 35.4 Å². The summed E-state index contributed by atoms with van der Waals surface area (Å²) in [5, 5.41) is 0. The minimum atomic E-state index is -0.813. The van der Waals surface area contributed by atoms with Crippen LogP contribution in [0, 0.1) is 6.92 Å². The maximum absolute atomic E-state index is 14.1. The van der Waals surface area contributed by atoms with E-state index in [4.69, 9.17) is 0 Å². The van der Waals surface area contributed by atoms with Gasteiger partial charge in [-0.15, -0.1) is 0 Å². The summed E-state index contributed by atoms with van der Waals surface area (Å²) in [6.07, 6.45) is 5.48. The molecule has 0 aromatic heterocycles. The molecule has 0 nitrogen and oxygen atoms in total. The van der Waals surface area contributed by atoms with Crippen molar-refractivity contribution >= 4 is 0 Å². The standard InChI is InChI=1S/C15H19F/c1-12-2-4-13(5-3-12)14-6-9-15(16,10-7-14)11-8-14/h2-5H,6-11H2,1H3. The van der Waals surface area contributed by atoms with E-state index in [1.807, 2.05) is 0 Å². The van der Waals surface area contributed by atoms with Crippen molar-refractivity contribution in [1.29, 1.82) is 0 Å². The molecule has 1 heteroatoms. The predicted octanol–water partition coefficient (Wildman–Crippen LogP) is 4.31. The zero-order valence-corrected chi connectivity index (χ0v) is 9.93. The maximum atomic E-state index is 14.1. The first-order valence-electron chi connectivity index (χ1n) is 6.38. The molecule has 0 saturated heterocycles. The number of fused-ring (bicyclic) bond motifs is 3. The first-order chi connectivity index (χ1) is 7.62. The third kappa shape index (κ3) is 1.49. The molecule has 1 aromatic rings. The summed E-state index contributed by atoms with van der Waals surface area (Å²) in [5.74, 6) is 0. The topological polar surface area (TPSA) is 0 Å². The van der Waals surface area contributed by atoms with Gasteiger partial charge in [0.2, 0.25) is 0 Å². The Labute approximate surface area is 96.9 Å². The lowest BCUT2D eigenvalue weighted by atomic mass is 9.57. The van der Waals surface area contributed by atoms with E-state index in [1.54, 1.807) is 0 Å². The van der Waals surface area contributed by atoms with Gasteiger partial charge in [-0.1, -0.05) is 29.8 Å². The third-order valence-electron chi connectivity index (χ3n) is 4.82. The van der Waals surface area contributed by atoms with Crippen LogP contribution in [0.25, 0.3) is 0 Å². The number of rotatable bonds is 1. The largest absolute Gasteiger partial charge is 0.244 e. The molecular weight excluding hydrogens is 199 g/mol. The monoisotopic (exact) mass is 218 g/mol. The molecule has 3 aliphatic carbocycles. The van der Waals surface area contributed by atoms with Gasteiger partial charge in [0.15, 0.2) is 0 Å². The van der Waals surface area contributed by atoms with Crippen molar-refractivity contribution in [2.45, 2.75) is 56.5 Å². The fourth-order valence-corrected chi connectivity index (χ4v) is 3.48. The Bertz CT molecular complexity index is 366. The van der Waals surface area contributed by atoms with Crippen LogP contribution in [0.2, 0.25) is 0 Å². The van der Waals surface area contributed by atoms with Crippen LogP contribution in [0.15, 0.2) is 24.3 Å². The maximum Gasteiger partial charge on any atom is 0.111 e. The number of hydrogen-bond acceptors (Lipinski definition) is 0. The molecule has 0 unspecified atom stereocenters. The Balaban J connectivity index is 1.92. The van der Waals surface area contributed by atoms with E-state index < -0.39 is 5.67 Å². The van der Waals surface area contributed by atoms with Crippen molar-refractivity contribution < 1.29 is 4.39 Å². The lowest BCUT2D eigenvalue weighted by Gasteiger charge is -2.50. The fourth-order valence-electron chi connectivity index (χ4n) is 3.48. The van der Waals surface area contributed by atoms with E-state index in [2.05, 4.69) is 31.2 Å². The van der Waals surface area contributed by atoms with Gasteiger partial charge in [0, 0.05) is 0 Å². The third-order valence-corrected chi connectivity index (χ3v) is 4.82. The highest BCUT2D eigenvalue weighted by Gasteiger charge is 2.49. The second kappa shape index (κ2) is 3.32. The van der Waals surface area contributed by atoms with Crippen LogP contribution in [-0.2, 0) is 5.41 Å². The molecule has 0 heterocycles. The molecule has 3 saturated carbocycles. The lowest BCUT2D eigenvalue weighted by molar-refractivity contribution is 0.00351. The van der Waals surface area contributed by atoms with Crippen LogP contribution in [0.4, 0.5) is 4.39 Å². The van der Waals surface area contributed by atoms with E-state index in [9.17, 15) is 4.39 Å². The average molecular weight is 218 g/mol. The second-order valence-corrected chi connectivity index (χ2v) is 5.80. The van der Waals surface area contributed by atoms with Crippen molar-refractivity contribution in [1.82, 2.24) is 0 Å². The van der Waals surface area contributed by atoms with E-state index >= 15 is 0 Å². The summed E-state index contributed by atoms with van der Waals surface area (Å²) in [5.41, 5.74) is 2.25. The number of alkyl halides is 1. The average Bonchev–Trinajstić information content (AvgIpc) is 2.31. The molecule has 16 heavy (non-hydrogen) atoms. The van der Waals surface area contributed by atoms with Gasteiger partial charge in [-0.3, -0.25) is 0 Å². The zero-order chi connectivity index (χ0) is 11.2. The molecule has 86 valence electrons. The second-order valence-electron chi connectivity index (χ2n) is 5.80. The molecule has 0 spiro atoms. The van der Waals surface area contributed by atoms with Gasteiger partial charge in [-0.2, -0.15) is 0 Å². The zero-order valence-electron chi connectivity index (χ0n) is 9.93. The summed E-state index contributed by atoms with van der Waals surface area (Å²) in [4.78, 5) is 0. The smallest absolute Gasteiger partial charge is 0.111 e. The lowest BCUT2D eigenvalue weighted by Crippen LogP contribution is -2.45. The van der Waals surface area contributed by atoms with Crippen LogP contribution >= 0.6 is 0 Å². The summed E-state index contributed by atoms with van der Waals surface area (Å²) < 4.78 is 14.1. The SMILES string of the molecule is Cc1ccc(C23CCC(F)(CC2)CC3)cc1. The van der Waals surface area contributed by atoms with Gasteiger partial charge in [-0.25, -0.2) is 4.39 Å². The van der Waals surface area contributed by atoms with E-state index in [-0.39, 0.29) is 0 Å². The predicted molar refractivity (Wildman–Crippen MR) is 64.4 cm³/mol. The van der Waals surface area contributed by atoms with E-state index in [1.165, 1.54) is 11.1 Å². The van der Waals surface area contributed by atoms with E-state index in [0.717, 1.165) is 38.5 Å². The minimum absolute atomic E-state index is 0.307. The fraction of sp³-hybridized carbons (Fsp3) is 0.600. The van der Waals surface area contributed by atoms with Crippen molar-refractivity contribution in [3.8, 4) is 0 Å². The summed E-state index contributed by atoms with van der Waals surface area (Å²) in [6, 6.07) is 8.89. The first-order valence-corrected chi connectivity index (χ1v) is 6.38. The Kier molecular flexibility index (Phi) is 2.14. The minimum Gasteiger partial charge on any atom is -0.244 e. The highest BCUT2D eigenvalue weighted by atomic mass is 19.1. The van der Waals surface area contributed by atoms with Gasteiger partial charge in [-0.05, 0) is 56.4 Å². The molecule has 0 amide bonds. The Morgan fingerprint density at radius 2 is 1.38 bits per heavy atom. The highest BCUT2D eigenvalue weighted by molar-refractivity contribution is 5.31. The Morgan fingerprint density at radius 3 is 1.88 bits per heavy atom. The van der Waals surface area contributed by atoms with Gasteiger partial charge in [0.1, 0.15) is 5.67 Å². The summed E-state index contributed by atoms with van der Waals surface area (Å²) in [7, 11) is 0. The molecule has 0 radical (unpaired) electrons. The number of benzene rings is 1. The number of hydrogen-bond donors (Lipinski definition) is 0. The molecule has 3 fully saturated rings. The van der Waals surface area contributed by atoms with Gasteiger partial charge < -0.3 is 0 Å². The molecule has 1 aromatic carbocycles.